The number of hydrogen-bond donors (Lipinski definition) is 0. The van der Waals surface area contributed by atoms with E-state index in [0.717, 1.165) is 11.3 Å². The fourth-order valence-corrected chi connectivity index (χ4v) is 0.892. The maximum atomic E-state index is 9.88. The third-order valence-corrected chi connectivity index (χ3v) is 1.45. The molecule has 0 amide bonds. The minimum atomic E-state index is 0.292. The van der Waals surface area contributed by atoms with Crippen molar-refractivity contribution < 1.29 is 14.3 Å². The Morgan fingerprint density at radius 2 is 2.33 bits per heavy atom. The van der Waals surface area contributed by atoms with Crippen LogP contribution in [0.3, 0.4) is 0 Å². The fraction of sp³-hybridized carbons (Fsp3) is 0.222. The second-order valence-electron chi connectivity index (χ2n) is 2.26. The highest BCUT2D eigenvalue weighted by Gasteiger charge is 1.94. The van der Waals surface area contributed by atoms with Crippen molar-refractivity contribution in [2.24, 2.45) is 0 Å². The molecule has 3 nitrogen and oxygen atoms in total. The molecule has 0 saturated heterocycles. The summed E-state index contributed by atoms with van der Waals surface area (Å²) in [6.07, 6.45) is 0. The summed E-state index contributed by atoms with van der Waals surface area (Å²) >= 11 is 0. The first-order valence-electron chi connectivity index (χ1n) is 3.55. The molecule has 0 aromatic heterocycles. The normalized spacial score (nSPS) is 9.08. The predicted octanol–water partition coefficient (Wildman–Crippen LogP) is 1.37. The van der Waals surface area contributed by atoms with Gasteiger partial charge >= 0.3 is 0 Å². The van der Waals surface area contributed by atoms with Crippen LogP contribution in [0.15, 0.2) is 24.3 Å². The zero-order chi connectivity index (χ0) is 8.81. The Bertz CT molecular complexity index is 258. The highest BCUT2D eigenvalue weighted by molar-refractivity contribution is 5.38. The van der Waals surface area contributed by atoms with Crippen LogP contribution in [0.5, 0.6) is 5.75 Å². The Morgan fingerprint density at radius 3 is 3.00 bits per heavy atom. The highest BCUT2D eigenvalue weighted by Crippen LogP contribution is 2.12. The molecule has 0 heterocycles. The van der Waals surface area contributed by atoms with E-state index in [2.05, 4.69) is 4.74 Å². The van der Waals surface area contributed by atoms with E-state index in [1.54, 1.807) is 7.11 Å². The first kappa shape index (κ1) is 8.59. The molecule has 64 valence electrons. The first-order valence-corrected chi connectivity index (χ1v) is 3.55. The second-order valence-corrected chi connectivity index (χ2v) is 2.26. The van der Waals surface area contributed by atoms with Crippen molar-refractivity contribution in [2.75, 3.05) is 7.11 Å². The molecular weight excluding hydrogens is 156 g/mol. The van der Waals surface area contributed by atoms with Gasteiger partial charge in [0.05, 0.1) is 7.11 Å². The Labute approximate surface area is 70.9 Å². The molecule has 1 aromatic carbocycles. The molecule has 0 saturated carbocycles. The van der Waals surface area contributed by atoms with Crippen LogP contribution in [0.4, 0.5) is 0 Å². The van der Waals surface area contributed by atoms with E-state index in [9.17, 15) is 4.79 Å². The molecule has 0 bridgehead atoms. The van der Waals surface area contributed by atoms with E-state index in [1.807, 2.05) is 24.3 Å². The van der Waals surface area contributed by atoms with Crippen LogP contribution in [0.25, 0.3) is 0 Å². The maximum Gasteiger partial charge on any atom is 0.293 e. The van der Waals surface area contributed by atoms with Gasteiger partial charge in [0.25, 0.3) is 6.47 Å². The Balaban J connectivity index is 2.65. The largest absolute Gasteiger partial charge is 0.497 e. The number of carbonyl (C=O) groups is 1. The molecule has 0 spiro atoms. The Morgan fingerprint density at radius 1 is 1.50 bits per heavy atom. The first-order chi connectivity index (χ1) is 5.86. The Hall–Kier alpha value is -1.51. The molecule has 1 aromatic rings. The lowest BCUT2D eigenvalue weighted by Crippen LogP contribution is -1.90. The lowest BCUT2D eigenvalue weighted by atomic mass is 10.2. The number of hydrogen-bond acceptors (Lipinski definition) is 3. The number of methoxy groups -OCH3 is 1. The van der Waals surface area contributed by atoms with Gasteiger partial charge in [0, 0.05) is 0 Å². The predicted molar refractivity (Wildman–Crippen MR) is 43.8 cm³/mol. The molecule has 0 aliphatic rings. The van der Waals surface area contributed by atoms with Crippen LogP contribution < -0.4 is 4.74 Å². The van der Waals surface area contributed by atoms with Gasteiger partial charge in [-0.15, -0.1) is 0 Å². The highest BCUT2D eigenvalue weighted by atomic mass is 16.5. The van der Waals surface area contributed by atoms with E-state index in [1.165, 1.54) is 0 Å². The minimum absolute atomic E-state index is 0.292. The number of carbonyl (C=O) groups excluding carboxylic acids is 1. The van der Waals surface area contributed by atoms with Gasteiger partial charge in [0.15, 0.2) is 0 Å². The molecule has 0 N–H and O–H groups in total. The van der Waals surface area contributed by atoms with Gasteiger partial charge in [0.1, 0.15) is 12.4 Å². The topological polar surface area (TPSA) is 35.5 Å². The molecule has 3 heteroatoms. The van der Waals surface area contributed by atoms with Gasteiger partial charge < -0.3 is 9.47 Å². The average molecular weight is 166 g/mol. The average Bonchev–Trinajstić information content (AvgIpc) is 2.15. The summed E-state index contributed by atoms with van der Waals surface area (Å²) in [4.78, 5) is 9.88. The molecule has 0 atom stereocenters. The van der Waals surface area contributed by atoms with Crippen LogP contribution in [0, 0.1) is 0 Å². The molecule has 0 aliphatic heterocycles. The molecule has 0 aliphatic carbocycles. The van der Waals surface area contributed by atoms with Crippen molar-refractivity contribution in [1.82, 2.24) is 0 Å². The standard InChI is InChI=1S/C9H10O3/c1-11-9-4-2-3-8(5-9)6-12-7-10/h2-5,7H,6H2,1H3. The molecule has 12 heavy (non-hydrogen) atoms. The van der Waals surface area contributed by atoms with Gasteiger partial charge in [-0.2, -0.15) is 0 Å². The van der Waals surface area contributed by atoms with E-state index < -0.39 is 0 Å². The van der Waals surface area contributed by atoms with Gasteiger partial charge in [0.2, 0.25) is 0 Å². The van der Waals surface area contributed by atoms with Crippen molar-refractivity contribution in [3.05, 3.63) is 29.8 Å². The quantitative estimate of drug-likeness (QED) is 0.633. The van der Waals surface area contributed by atoms with Gasteiger partial charge in [-0.25, -0.2) is 0 Å². The van der Waals surface area contributed by atoms with Crippen LogP contribution in [-0.4, -0.2) is 13.6 Å². The van der Waals surface area contributed by atoms with E-state index >= 15 is 0 Å². The summed E-state index contributed by atoms with van der Waals surface area (Å²) in [6.45, 7) is 0.722. The summed E-state index contributed by atoms with van der Waals surface area (Å²) in [7, 11) is 1.60. The molecule has 0 unspecified atom stereocenters. The van der Waals surface area contributed by atoms with Crippen LogP contribution in [0.1, 0.15) is 5.56 Å². The van der Waals surface area contributed by atoms with Gasteiger partial charge in [-0.3, -0.25) is 4.79 Å². The number of rotatable bonds is 4. The molecule has 1 rings (SSSR count). The van der Waals surface area contributed by atoms with Crippen LogP contribution >= 0.6 is 0 Å². The summed E-state index contributed by atoms with van der Waals surface area (Å²) in [5.74, 6) is 0.766. The van der Waals surface area contributed by atoms with E-state index in [4.69, 9.17) is 4.74 Å². The minimum Gasteiger partial charge on any atom is -0.497 e. The third kappa shape index (κ3) is 2.27. The zero-order valence-corrected chi connectivity index (χ0v) is 6.82. The van der Waals surface area contributed by atoms with Crippen molar-refractivity contribution >= 4 is 6.47 Å². The Kier molecular flexibility index (Phi) is 3.14. The van der Waals surface area contributed by atoms with E-state index in [-0.39, 0.29) is 0 Å². The summed E-state index contributed by atoms with van der Waals surface area (Å²) in [5.41, 5.74) is 0.918. The van der Waals surface area contributed by atoms with Crippen molar-refractivity contribution in [2.45, 2.75) is 6.61 Å². The van der Waals surface area contributed by atoms with Crippen molar-refractivity contribution in [3.63, 3.8) is 0 Å². The van der Waals surface area contributed by atoms with Crippen molar-refractivity contribution in [1.29, 1.82) is 0 Å². The second kappa shape index (κ2) is 4.38. The van der Waals surface area contributed by atoms with Gasteiger partial charge in [-0.1, -0.05) is 12.1 Å². The summed E-state index contributed by atoms with van der Waals surface area (Å²) in [6, 6.07) is 7.38. The fourth-order valence-electron chi connectivity index (χ4n) is 0.892. The maximum absolute atomic E-state index is 9.88. The van der Waals surface area contributed by atoms with Gasteiger partial charge in [-0.05, 0) is 17.7 Å². The molecular formula is C9H10O3. The van der Waals surface area contributed by atoms with Crippen molar-refractivity contribution in [3.8, 4) is 5.75 Å². The lowest BCUT2D eigenvalue weighted by Gasteiger charge is -2.02. The number of benzene rings is 1. The molecule has 0 radical (unpaired) electrons. The monoisotopic (exact) mass is 166 g/mol. The summed E-state index contributed by atoms with van der Waals surface area (Å²) in [5, 5.41) is 0. The smallest absolute Gasteiger partial charge is 0.293 e. The third-order valence-electron chi connectivity index (χ3n) is 1.45. The molecule has 0 fully saturated rings. The zero-order valence-electron chi connectivity index (χ0n) is 6.82. The van der Waals surface area contributed by atoms with E-state index in [0.29, 0.717) is 13.1 Å². The van der Waals surface area contributed by atoms with Crippen LogP contribution in [-0.2, 0) is 16.1 Å². The lowest BCUT2D eigenvalue weighted by molar-refractivity contribution is -0.129. The number of ether oxygens (including phenoxy) is 2. The summed E-state index contributed by atoms with van der Waals surface area (Å²) < 4.78 is 9.57. The SMILES string of the molecule is COc1cccc(COC=O)c1. The van der Waals surface area contributed by atoms with Crippen LogP contribution in [0.2, 0.25) is 0 Å².